The van der Waals surface area contributed by atoms with Crippen molar-refractivity contribution >= 4 is 0 Å². The third-order valence-electron chi connectivity index (χ3n) is 3.00. The lowest BCUT2D eigenvalue weighted by Gasteiger charge is -2.41. The average molecular weight is 458 g/mol. The van der Waals surface area contributed by atoms with Gasteiger partial charge in [0.2, 0.25) is 0 Å². The zero-order valence-corrected chi connectivity index (χ0v) is 12.5. The molecule has 168 valence electrons. The van der Waals surface area contributed by atoms with Crippen LogP contribution in [-0.4, -0.2) is 54.7 Å². The standard InChI is InChI=1S/C11H6F16O/c1-2-3-28-4(12)5(13,14)6(15,16)7(17,18)8(19,20)9(21,22)10(23,24)11(25,26)27/h2,4H,1,3H2. The summed E-state index contributed by atoms with van der Waals surface area (Å²) in [5, 5.41) is 0. The van der Waals surface area contributed by atoms with E-state index in [1.54, 1.807) is 0 Å². The Bertz CT molecular complexity index is 561. The van der Waals surface area contributed by atoms with Gasteiger partial charge in [0, 0.05) is 0 Å². The number of rotatable bonds is 9. The molecule has 0 N–H and O–H groups in total. The van der Waals surface area contributed by atoms with E-state index in [0.29, 0.717) is 6.08 Å². The van der Waals surface area contributed by atoms with E-state index >= 15 is 0 Å². The molecule has 0 spiro atoms. The first kappa shape index (κ1) is 26.6. The van der Waals surface area contributed by atoms with Gasteiger partial charge in [0.1, 0.15) is 0 Å². The zero-order chi connectivity index (χ0) is 23.2. The molecule has 0 rings (SSSR count). The Labute approximate surface area is 143 Å². The summed E-state index contributed by atoms with van der Waals surface area (Å²) < 4.78 is 207. The second-order valence-corrected chi connectivity index (χ2v) is 4.93. The number of halogens is 16. The van der Waals surface area contributed by atoms with Gasteiger partial charge in [-0.15, -0.1) is 6.58 Å². The van der Waals surface area contributed by atoms with Gasteiger partial charge in [-0.3, -0.25) is 0 Å². The maximum Gasteiger partial charge on any atom is 0.460 e. The van der Waals surface area contributed by atoms with Crippen molar-refractivity contribution in [3.05, 3.63) is 12.7 Å². The monoisotopic (exact) mass is 458 g/mol. The minimum Gasteiger partial charge on any atom is -0.339 e. The number of hydrogen-bond acceptors (Lipinski definition) is 1. The van der Waals surface area contributed by atoms with E-state index in [1.807, 2.05) is 0 Å². The van der Waals surface area contributed by atoms with Crippen LogP contribution < -0.4 is 0 Å². The van der Waals surface area contributed by atoms with Crippen molar-refractivity contribution in [2.75, 3.05) is 6.61 Å². The van der Waals surface area contributed by atoms with Crippen LogP contribution in [0.25, 0.3) is 0 Å². The molecule has 0 amide bonds. The summed E-state index contributed by atoms with van der Waals surface area (Å²) in [6.45, 7) is 1.23. The van der Waals surface area contributed by atoms with E-state index in [2.05, 4.69) is 11.3 Å². The van der Waals surface area contributed by atoms with Crippen LogP contribution in [0.15, 0.2) is 12.7 Å². The molecule has 1 unspecified atom stereocenters. The molecule has 0 fully saturated rings. The molecule has 0 aliphatic rings. The predicted octanol–water partition coefficient (Wildman–Crippen LogP) is 5.86. The Hall–Kier alpha value is -1.42. The molecular formula is C11H6F16O. The maximum absolute atomic E-state index is 13.2. The first-order valence-electron chi connectivity index (χ1n) is 6.18. The third kappa shape index (κ3) is 3.49. The molecule has 0 saturated heterocycles. The molecule has 1 nitrogen and oxygen atoms in total. The Morgan fingerprint density at radius 2 is 0.929 bits per heavy atom. The molecule has 0 aromatic heterocycles. The Kier molecular flexibility index (Phi) is 6.76. The molecule has 0 radical (unpaired) electrons. The van der Waals surface area contributed by atoms with Crippen LogP contribution in [0.3, 0.4) is 0 Å². The molecule has 17 heteroatoms. The summed E-state index contributed by atoms with van der Waals surface area (Å²) in [6, 6.07) is 0. The minimum atomic E-state index is -8.45. The van der Waals surface area contributed by atoms with Crippen molar-refractivity contribution in [2.45, 2.75) is 48.1 Å². The lowest BCUT2D eigenvalue weighted by atomic mass is 9.91. The van der Waals surface area contributed by atoms with Crippen LogP contribution in [0, 0.1) is 0 Å². The molecule has 0 aliphatic carbocycles. The first-order valence-corrected chi connectivity index (χ1v) is 6.18. The van der Waals surface area contributed by atoms with Gasteiger partial charge in [0.25, 0.3) is 6.36 Å². The van der Waals surface area contributed by atoms with E-state index in [9.17, 15) is 70.2 Å². The van der Waals surface area contributed by atoms with Crippen molar-refractivity contribution in [2.24, 2.45) is 0 Å². The summed E-state index contributed by atoms with van der Waals surface area (Å²) in [6.07, 6.45) is -12.2. The zero-order valence-electron chi connectivity index (χ0n) is 12.5. The highest BCUT2D eigenvalue weighted by atomic mass is 19.4. The van der Waals surface area contributed by atoms with Crippen LogP contribution in [0.1, 0.15) is 0 Å². The first-order chi connectivity index (χ1) is 12.0. The SMILES string of the molecule is C=CCOC(F)C(F)(F)C(F)(F)C(F)(F)C(F)(F)C(F)(F)C(F)(F)C(F)(F)F. The van der Waals surface area contributed by atoms with Crippen LogP contribution in [0.5, 0.6) is 0 Å². The predicted molar refractivity (Wildman–Crippen MR) is 56.8 cm³/mol. The highest BCUT2D eigenvalue weighted by Crippen LogP contribution is 2.62. The van der Waals surface area contributed by atoms with Crippen LogP contribution in [0.2, 0.25) is 0 Å². The van der Waals surface area contributed by atoms with Gasteiger partial charge in [-0.25, -0.2) is 4.39 Å². The van der Waals surface area contributed by atoms with Gasteiger partial charge < -0.3 is 4.74 Å². The molecule has 0 aromatic carbocycles. The Morgan fingerprint density at radius 3 is 1.25 bits per heavy atom. The highest BCUT2D eigenvalue weighted by Gasteiger charge is 2.94. The molecule has 1 atom stereocenters. The van der Waals surface area contributed by atoms with Crippen molar-refractivity contribution in [3.8, 4) is 0 Å². The lowest BCUT2D eigenvalue weighted by Crippen LogP contribution is -2.73. The largest absolute Gasteiger partial charge is 0.460 e. The quantitative estimate of drug-likeness (QED) is 0.311. The number of hydrogen-bond donors (Lipinski definition) is 0. The third-order valence-corrected chi connectivity index (χ3v) is 3.00. The number of ether oxygens (including phenoxy) is 1. The van der Waals surface area contributed by atoms with Gasteiger partial charge in [0.05, 0.1) is 6.61 Å². The fourth-order valence-corrected chi connectivity index (χ4v) is 1.38. The van der Waals surface area contributed by atoms with E-state index in [0.717, 1.165) is 0 Å². The summed E-state index contributed by atoms with van der Waals surface area (Å²) >= 11 is 0. The summed E-state index contributed by atoms with van der Waals surface area (Å²) in [5.74, 6) is -48.3. The number of alkyl halides is 16. The van der Waals surface area contributed by atoms with Crippen molar-refractivity contribution < 1.29 is 75.0 Å². The van der Waals surface area contributed by atoms with Gasteiger partial charge in [-0.2, -0.15) is 65.9 Å². The smallest absolute Gasteiger partial charge is 0.339 e. The van der Waals surface area contributed by atoms with Gasteiger partial charge in [-0.1, -0.05) is 6.08 Å². The summed E-state index contributed by atoms with van der Waals surface area (Å²) in [4.78, 5) is 0. The molecular weight excluding hydrogens is 452 g/mol. The normalized spacial score (nSPS) is 16.9. The minimum absolute atomic E-state index is 0.353. The van der Waals surface area contributed by atoms with Crippen LogP contribution in [-0.2, 0) is 4.74 Å². The van der Waals surface area contributed by atoms with E-state index in [1.165, 1.54) is 0 Å². The molecule has 0 aromatic rings. The Balaban J connectivity index is 6.43. The fraction of sp³-hybridized carbons (Fsp3) is 0.818. The van der Waals surface area contributed by atoms with Crippen molar-refractivity contribution in [3.63, 3.8) is 0 Å². The molecule has 0 saturated carbocycles. The van der Waals surface area contributed by atoms with Crippen LogP contribution >= 0.6 is 0 Å². The molecule has 0 heterocycles. The lowest BCUT2D eigenvalue weighted by molar-refractivity contribution is -0.458. The summed E-state index contributed by atoms with van der Waals surface area (Å²) in [7, 11) is 0. The van der Waals surface area contributed by atoms with Gasteiger partial charge in [0.15, 0.2) is 0 Å². The molecule has 0 bridgehead atoms. The van der Waals surface area contributed by atoms with Gasteiger partial charge >= 0.3 is 41.7 Å². The van der Waals surface area contributed by atoms with Crippen LogP contribution in [0.4, 0.5) is 70.2 Å². The molecule has 28 heavy (non-hydrogen) atoms. The van der Waals surface area contributed by atoms with E-state index < -0.39 is 54.7 Å². The maximum atomic E-state index is 13.2. The van der Waals surface area contributed by atoms with Gasteiger partial charge in [-0.05, 0) is 0 Å². The van der Waals surface area contributed by atoms with Crippen molar-refractivity contribution in [1.82, 2.24) is 0 Å². The second kappa shape index (κ2) is 7.12. The second-order valence-electron chi connectivity index (χ2n) is 4.93. The van der Waals surface area contributed by atoms with Crippen molar-refractivity contribution in [1.29, 1.82) is 0 Å². The van der Waals surface area contributed by atoms with E-state index in [4.69, 9.17) is 0 Å². The Morgan fingerprint density at radius 1 is 0.607 bits per heavy atom. The topological polar surface area (TPSA) is 9.23 Å². The summed E-state index contributed by atoms with van der Waals surface area (Å²) in [5.41, 5.74) is 0. The fourth-order valence-electron chi connectivity index (χ4n) is 1.38. The molecule has 0 aliphatic heterocycles. The van der Waals surface area contributed by atoms with E-state index in [-0.39, 0.29) is 0 Å². The highest BCUT2D eigenvalue weighted by molar-refractivity contribution is 5.13. The average Bonchev–Trinajstić information content (AvgIpc) is 2.50.